The van der Waals surface area contributed by atoms with Crippen molar-refractivity contribution in [3.8, 4) is 0 Å². The molecule has 1 aromatic heterocycles. The van der Waals surface area contributed by atoms with Gasteiger partial charge in [-0.05, 0) is 31.9 Å². The Balaban J connectivity index is 1.86. The first-order chi connectivity index (χ1) is 13.3. The van der Waals surface area contributed by atoms with Gasteiger partial charge in [0.2, 0.25) is 0 Å². The minimum atomic E-state index is -3.36. The third kappa shape index (κ3) is 4.72. The lowest BCUT2D eigenvalue weighted by Crippen LogP contribution is -2.25. The molecule has 2 aromatic rings. The number of sulfone groups is 1. The molecule has 1 heterocycles. The number of hydrogen-bond donors (Lipinski definition) is 2. The van der Waals surface area contributed by atoms with Gasteiger partial charge in [-0.1, -0.05) is 28.6 Å². The first-order valence-corrected chi connectivity index (χ1v) is 10.8. The summed E-state index contributed by atoms with van der Waals surface area (Å²) in [5.74, 6) is -0.711. The van der Waals surface area contributed by atoms with Crippen LogP contribution in [-0.2, 0) is 19.5 Å². The quantitative estimate of drug-likeness (QED) is 0.491. The van der Waals surface area contributed by atoms with Crippen LogP contribution in [0.1, 0.15) is 25.3 Å². The van der Waals surface area contributed by atoms with Gasteiger partial charge in [0.15, 0.2) is 25.8 Å². The predicted molar refractivity (Wildman–Crippen MR) is 102 cm³/mol. The molecule has 1 fully saturated rings. The van der Waals surface area contributed by atoms with Crippen LogP contribution in [-0.4, -0.2) is 48.1 Å². The zero-order valence-corrected chi connectivity index (χ0v) is 16.5. The van der Waals surface area contributed by atoms with Crippen molar-refractivity contribution in [2.24, 2.45) is 5.16 Å². The lowest BCUT2D eigenvalue weighted by atomic mass is 10.1. The van der Waals surface area contributed by atoms with Crippen molar-refractivity contribution in [2.45, 2.75) is 36.0 Å². The highest BCUT2D eigenvalue weighted by Crippen LogP contribution is 2.33. The van der Waals surface area contributed by atoms with Crippen molar-refractivity contribution < 1.29 is 27.5 Å². The van der Waals surface area contributed by atoms with E-state index in [1.54, 1.807) is 6.92 Å². The van der Waals surface area contributed by atoms with Crippen LogP contribution in [0.3, 0.4) is 0 Å². The molecule has 3 rings (SSSR count). The molecule has 0 aliphatic heterocycles. The van der Waals surface area contributed by atoms with Crippen molar-refractivity contribution in [1.29, 1.82) is 0 Å². The van der Waals surface area contributed by atoms with Gasteiger partial charge in [-0.2, -0.15) is 4.39 Å². The summed E-state index contributed by atoms with van der Waals surface area (Å²) in [5, 5.41) is 14.4. The Morgan fingerprint density at radius 3 is 2.64 bits per heavy atom. The molecule has 28 heavy (non-hydrogen) atoms. The number of carbonyl (C=O) groups is 1. The molecule has 8 nitrogen and oxygen atoms in total. The van der Waals surface area contributed by atoms with E-state index in [1.807, 2.05) is 0 Å². The highest BCUT2D eigenvalue weighted by atomic mass is 32.2. The molecular formula is C17H18FN3O5S2. The van der Waals surface area contributed by atoms with Gasteiger partial charge in [-0.3, -0.25) is 10.1 Å². The molecule has 150 valence electrons. The number of hydrogen-bond acceptors (Lipinski definition) is 8. The fourth-order valence-corrected chi connectivity index (χ4v) is 4.44. The number of anilines is 1. The number of nitrogens with one attached hydrogen (secondary N) is 1. The number of amides is 1. The van der Waals surface area contributed by atoms with E-state index in [-0.39, 0.29) is 27.6 Å². The lowest BCUT2D eigenvalue weighted by molar-refractivity contribution is -0.110. The number of aliphatic hydroxyl groups excluding tert-OH is 1. The first-order valence-electron chi connectivity index (χ1n) is 8.43. The maximum absolute atomic E-state index is 13.1. The molecule has 2 N–H and O–H groups in total. The van der Waals surface area contributed by atoms with Crippen LogP contribution in [0.5, 0.6) is 0 Å². The molecule has 1 amide bonds. The molecule has 1 aliphatic rings. The van der Waals surface area contributed by atoms with Gasteiger partial charge < -0.3 is 9.94 Å². The Labute approximate surface area is 165 Å². The summed E-state index contributed by atoms with van der Waals surface area (Å²) in [7, 11) is -3.36. The summed E-state index contributed by atoms with van der Waals surface area (Å²) >= 11 is 0.649. The maximum atomic E-state index is 13.1. The smallest absolute Gasteiger partial charge is 0.280 e. The van der Waals surface area contributed by atoms with Crippen molar-refractivity contribution in [3.63, 3.8) is 0 Å². The van der Waals surface area contributed by atoms with Gasteiger partial charge in [0.1, 0.15) is 6.10 Å². The summed E-state index contributed by atoms with van der Waals surface area (Å²) < 4.78 is 37.7. The number of benzene rings is 1. The SMILES string of the molecule is C[C@@H](CO)O/N=C(/C(=O)Nc1ncc(F)s1)c1ccc(S(=O)(=O)C2CC2)cc1. The van der Waals surface area contributed by atoms with E-state index in [4.69, 9.17) is 9.94 Å². The molecule has 0 saturated heterocycles. The topological polar surface area (TPSA) is 118 Å². The third-order valence-corrected chi connectivity index (χ3v) is 6.89. The Morgan fingerprint density at radius 1 is 1.43 bits per heavy atom. The van der Waals surface area contributed by atoms with Gasteiger partial charge in [0, 0.05) is 5.56 Å². The molecule has 1 saturated carbocycles. The zero-order valence-electron chi connectivity index (χ0n) is 14.8. The first kappa shape index (κ1) is 20.4. The van der Waals surface area contributed by atoms with Crippen LogP contribution in [0.25, 0.3) is 0 Å². The number of rotatable bonds is 8. The number of carbonyl (C=O) groups excluding carboxylic acids is 1. The Morgan fingerprint density at radius 2 is 2.11 bits per heavy atom. The van der Waals surface area contributed by atoms with E-state index in [1.165, 1.54) is 24.3 Å². The van der Waals surface area contributed by atoms with E-state index in [0.29, 0.717) is 29.7 Å². The molecule has 1 aromatic carbocycles. The van der Waals surface area contributed by atoms with E-state index in [9.17, 15) is 17.6 Å². The van der Waals surface area contributed by atoms with Crippen molar-refractivity contribution in [3.05, 3.63) is 41.2 Å². The van der Waals surface area contributed by atoms with Crippen molar-refractivity contribution in [1.82, 2.24) is 4.98 Å². The highest BCUT2D eigenvalue weighted by Gasteiger charge is 2.36. The van der Waals surface area contributed by atoms with Crippen LogP contribution in [0.15, 0.2) is 40.5 Å². The highest BCUT2D eigenvalue weighted by molar-refractivity contribution is 7.92. The summed E-state index contributed by atoms with van der Waals surface area (Å²) in [6.07, 6.45) is 1.61. The average molecular weight is 427 g/mol. The molecule has 0 bridgehead atoms. The van der Waals surface area contributed by atoms with E-state index in [2.05, 4.69) is 15.5 Å². The van der Waals surface area contributed by atoms with Gasteiger partial charge in [0.05, 0.1) is 22.9 Å². The number of thiazole rings is 1. The maximum Gasteiger partial charge on any atom is 0.280 e. The Hall–Kier alpha value is -2.37. The molecule has 1 aliphatic carbocycles. The predicted octanol–water partition coefficient (Wildman–Crippen LogP) is 1.96. The minimum absolute atomic E-state index is 0.0401. The fourth-order valence-electron chi connectivity index (χ4n) is 2.24. The van der Waals surface area contributed by atoms with Gasteiger partial charge >= 0.3 is 0 Å². The Kier molecular flexibility index (Phi) is 6.06. The largest absolute Gasteiger partial charge is 0.392 e. The molecular weight excluding hydrogens is 409 g/mol. The van der Waals surface area contributed by atoms with E-state index in [0.717, 1.165) is 6.20 Å². The van der Waals surface area contributed by atoms with Gasteiger partial charge in [0.25, 0.3) is 5.91 Å². The lowest BCUT2D eigenvalue weighted by Gasteiger charge is -2.10. The molecule has 0 unspecified atom stereocenters. The van der Waals surface area contributed by atoms with Gasteiger partial charge in [-0.15, -0.1) is 0 Å². The van der Waals surface area contributed by atoms with Crippen molar-refractivity contribution in [2.75, 3.05) is 11.9 Å². The molecule has 1 atom stereocenters. The van der Waals surface area contributed by atoms with Crippen LogP contribution in [0.4, 0.5) is 9.52 Å². The Bertz CT molecular complexity index is 984. The third-order valence-electron chi connectivity index (χ3n) is 3.91. The number of aliphatic hydroxyl groups is 1. The standard InChI is InChI=1S/C17H18FN3O5S2/c1-10(9-22)26-21-15(16(23)20-17-19-8-14(18)27-17)11-2-4-12(5-3-11)28(24,25)13-6-7-13/h2-5,8,10,13,22H,6-7,9H2,1H3,(H,19,20,23)/b21-15+/t10-/m0/s1. The fraction of sp³-hybridized carbons (Fsp3) is 0.353. The molecule has 0 spiro atoms. The van der Waals surface area contributed by atoms with Crippen molar-refractivity contribution >= 4 is 37.9 Å². The second kappa shape index (κ2) is 8.33. The second-order valence-corrected chi connectivity index (χ2v) is 9.44. The monoisotopic (exact) mass is 427 g/mol. The summed E-state index contributed by atoms with van der Waals surface area (Å²) in [6.45, 7) is 1.25. The number of oxime groups is 1. The summed E-state index contributed by atoms with van der Waals surface area (Å²) in [4.78, 5) is 21.5. The van der Waals surface area contributed by atoms with Crippen LogP contribution >= 0.6 is 11.3 Å². The van der Waals surface area contributed by atoms with Crippen LogP contribution < -0.4 is 5.32 Å². The average Bonchev–Trinajstić information content (AvgIpc) is 3.46. The van der Waals surface area contributed by atoms with Crippen LogP contribution in [0.2, 0.25) is 0 Å². The summed E-state index contributed by atoms with van der Waals surface area (Å²) in [5.41, 5.74) is 0.140. The zero-order chi connectivity index (χ0) is 20.3. The molecule has 11 heteroatoms. The minimum Gasteiger partial charge on any atom is -0.392 e. The normalized spacial score (nSPS) is 15.9. The van der Waals surface area contributed by atoms with E-state index >= 15 is 0 Å². The van der Waals surface area contributed by atoms with E-state index < -0.39 is 27.0 Å². The number of halogens is 1. The molecule has 0 radical (unpaired) electrons. The van der Waals surface area contributed by atoms with Crippen LogP contribution in [0, 0.1) is 5.13 Å². The summed E-state index contributed by atoms with van der Waals surface area (Å²) in [6, 6.07) is 5.71. The number of nitrogens with zero attached hydrogens (tertiary/aromatic N) is 2. The second-order valence-electron chi connectivity index (χ2n) is 6.23. The number of aromatic nitrogens is 1. The van der Waals surface area contributed by atoms with Gasteiger partial charge in [-0.25, -0.2) is 13.4 Å².